The zero-order valence-electron chi connectivity index (χ0n) is 14.0. The van der Waals surface area contributed by atoms with Crippen LogP contribution in [-0.4, -0.2) is 30.6 Å². The molecule has 1 heterocycles. The molecule has 25 heavy (non-hydrogen) atoms. The molecule has 0 saturated heterocycles. The molecule has 0 bridgehead atoms. The molecular weight excluding hydrogens is 358 g/mol. The number of carbonyl (C=O) groups is 1. The van der Waals surface area contributed by atoms with Gasteiger partial charge < -0.3 is 14.7 Å². The Morgan fingerprint density at radius 3 is 2.68 bits per heavy atom. The minimum absolute atomic E-state index is 0.111. The summed E-state index contributed by atoms with van der Waals surface area (Å²) in [5, 5.41) is 13.0. The molecule has 5 nitrogen and oxygen atoms in total. The first kappa shape index (κ1) is 17.8. The van der Waals surface area contributed by atoms with Crippen molar-refractivity contribution in [2.45, 2.75) is 29.9 Å². The SMILES string of the molecule is CCOC(=O)c1sc(S)c2c1CC(c1ccc(OC)cc1)C/C2=N\O. The van der Waals surface area contributed by atoms with Gasteiger partial charge in [0.25, 0.3) is 0 Å². The van der Waals surface area contributed by atoms with Gasteiger partial charge in [-0.15, -0.1) is 24.0 Å². The van der Waals surface area contributed by atoms with Gasteiger partial charge in [0.1, 0.15) is 10.6 Å². The van der Waals surface area contributed by atoms with Crippen LogP contribution in [0.1, 0.15) is 45.6 Å². The predicted molar refractivity (Wildman–Crippen MR) is 99.9 cm³/mol. The number of fused-ring (bicyclic) bond motifs is 1. The van der Waals surface area contributed by atoms with Crippen LogP contribution >= 0.6 is 24.0 Å². The van der Waals surface area contributed by atoms with E-state index in [2.05, 4.69) is 17.8 Å². The maximum atomic E-state index is 12.3. The molecular formula is C18H19NO4S2. The van der Waals surface area contributed by atoms with Crippen molar-refractivity contribution in [1.29, 1.82) is 0 Å². The summed E-state index contributed by atoms with van der Waals surface area (Å²) in [4.78, 5) is 12.8. The highest BCUT2D eigenvalue weighted by Gasteiger charge is 2.33. The second-order valence-electron chi connectivity index (χ2n) is 5.74. The fourth-order valence-corrected chi connectivity index (χ4v) is 4.69. The van der Waals surface area contributed by atoms with Crippen LogP contribution < -0.4 is 4.74 Å². The molecule has 1 aliphatic rings. The minimum atomic E-state index is -0.350. The highest BCUT2D eigenvalue weighted by Crippen LogP contribution is 2.42. The summed E-state index contributed by atoms with van der Waals surface area (Å²) in [5.41, 5.74) is 3.28. The van der Waals surface area contributed by atoms with E-state index in [1.165, 1.54) is 11.3 Å². The van der Waals surface area contributed by atoms with Gasteiger partial charge in [0.15, 0.2) is 0 Å². The highest BCUT2D eigenvalue weighted by atomic mass is 32.2. The van der Waals surface area contributed by atoms with Gasteiger partial charge in [-0.05, 0) is 42.5 Å². The first-order chi connectivity index (χ1) is 12.1. The van der Waals surface area contributed by atoms with Crippen molar-refractivity contribution in [3.63, 3.8) is 0 Å². The summed E-state index contributed by atoms with van der Waals surface area (Å²) in [5.74, 6) is 0.549. The van der Waals surface area contributed by atoms with Crippen LogP contribution in [-0.2, 0) is 11.2 Å². The average molecular weight is 377 g/mol. The largest absolute Gasteiger partial charge is 0.497 e. The third kappa shape index (κ3) is 3.39. The van der Waals surface area contributed by atoms with Crippen LogP contribution in [0.15, 0.2) is 33.6 Å². The Bertz CT molecular complexity index is 811. The van der Waals surface area contributed by atoms with E-state index < -0.39 is 0 Å². The Hall–Kier alpha value is -1.99. The quantitative estimate of drug-likeness (QED) is 0.364. The molecule has 0 fully saturated rings. The predicted octanol–water partition coefficient (Wildman–Crippen LogP) is 4.13. The van der Waals surface area contributed by atoms with Crippen LogP contribution in [0.25, 0.3) is 0 Å². The van der Waals surface area contributed by atoms with Crippen LogP contribution in [0.5, 0.6) is 5.75 Å². The number of benzene rings is 1. The molecule has 7 heteroatoms. The molecule has 0 radical (unpaired) electrons. The van der Waals surface area contributed by atoms with Gasteiger partial charge in [-0.3, -0.25) is 0 Å². The maximum Gasteiger partial charge on any atom is 0.348 e. The van der Waals surface area contributed by atoms with E-state index in [0.29, 0.717) is 34.2 Å². The Kier molecular flexibility index (Phi) is 5.34. The molecule has 1 aromatic carbocycles. The highest BCUT2D eigenvalue weighted by molar-refractivity contribution is 7.83. The fraction of sp³-hybridized carbons (Fsp3) is 0.333. The first-order valence-electron chi connectivity index (χ1n) is 7.96. The number of esters is 1. The second kappa shape index (κ2) is 7.49. The normalized spacial score (nSPS) is 18.0. The van der Waals surface area contributed by atoms with Crippen molar-refractivity contribution in [2.24, 2.45) is 5.16 Å². The number of carbonyl (C=O) groups excluding carboxylic acids is 1. The van der Waals surface area contributed by atoms with Gasteiger partial charge in [-0.1, -0.05) is 17.3 Å². The number of oxime groups is 1. The standard InChI is InChI=1S/C18H19NO4S2/c1-3-23-17(20)16-13-8-11(10-4-6-12(22-2)7-5-10)9-14(19-21)15(13)18(24)25-16/h4-7,11,21,24H,3,8-9H2,1-2H3/b19-14+. The molecule has 0 saturated carbocycles. The van der Waals surface area contributed by atoms with E-state index in [0.717, 1.165) is 22.4 Å². The molecule has 1 aliphatic carbocycles. The van der Waals surface area contributed by atoms with Crippen LogP contribution in [0.2, 0.25) is 0 Å². The lowest BCUT2D eigenvalue weighted by molar-refractivity contribution is 0.0531. The summed E-state index contributed by atoms with van der Waals surface area (Å²) < 4.78 is 11.0. The lowest BCUT2D eigenvalue weighted by Gasteiger charge is -2.24. The van der Waals surface area contributed by atoms with Gasteiger partial charge in [-0.25, -0.2) is 4.79 Å². The third-order valence-corrected chi connectivity index (χ3v) is 5.85. The molecule has 1 atom stereocenters. The van der Waals surface area contributed by atoms with Crippen molar-refractivity contribution in [2.75, 3.05) is 13.7 Å². The van der Waals surface area contributed by atoms with E-state index in [1.807, 2.05) is 24.3 Å². The first-order valence-corrected chi connectivity index (χ1v) is 9.22. The Balaban J connectivity index is 2.01. The van der Waals surface area contributed by atoms with Gasteiger partial charge >= 0.3 is 5.97 Å². The maximum absolute atomic E-state index is 12.3. The van der Waals surface area contributed by atoms with E-state index in [9.17, 15) is 10.0 Å². The van der Waals surface area contributed by atoms with Crippen molar-refractivity contribution in [3.05, 3.63) is 45.8 Å². The zero-order chi connectivity index (χ0) is 18.0. The lowest BCUT2D eigenvalue weighted by atomic mass is 9.80. The van der Waals surface area contributed by atoms with Crippen molar-refractivity contribution in [1.82, 2.24) is 0 Å². The number of methoxy groups -OCH3 is 1. The van der Waals surface area contributed by atoms with Crippen LogP contribution in [0.3, 0.4) is 0 Å². The minimum Gasteiger partial charge on any atom is -0.497 e. The summed E-state index contributed by atoms with van der Waals surface area (Å²) in [6.07, 6.45) is 1.26. The Morgan fingerprint density at radius 2 is 2.08 bits per heavy atom. The average Bonchev–Trinajstić information content (AvgIpc) is 2.98. The van der Waals surface area contributed by atoms with Gasteiger partial charge in [0, 0.05) is 12.0 Å². The molecule has 1 N–H and O–H groups in total. The molecule has 0 spiro atoms. The number of nitrogens with zero attached hydrogens (tertiary/aromatic N) is 1. The van der Waals surface area contributed by atoms with Crippen LogP contribution in [0, 0.1) is 0 Å². The Labute approximate surface area is 155 Å². The van der Waals surface area contributed by atoms with Crippen molar-refractivity contribution < 1.29 is 19.5 Å². The fourth-order valence-electron chi connectivity index (χ4n) is 3.16. The molecule has 1 unspecified atom stereocenters. The molecule has 2 aromatic rings. The number of thiol groups is 1. The summed E-state index contributed by atoms with van der Waals surface area (Å²) in [6, 6.07) is 7.82. The van der Waals surface area contributed by atoms with Gasteiger partial charge in [0.2, 0.25) is 0 Å². The van der Waals surface area contributed by atoms with Crippen molar-refractivity contribution >= 4 is 35.6 Å². The third-order valence-electron chi connectivity index (χ3n) is 4.34. The number of ether oxygens (including phenoxy) is 2. The smallest absolute Gasteiger partial charge is 0.348 e. The van der Waals surface area contributed by atoms with E-state index in [-0.39, 0.29) is 11.9 Å². The summed E-state index contributed by atoms with van der Waals surface area (Å²) >= 11 is 5.76. The number of rotatable bonds is 4. The molecule has 1 aromatic heterocycles. The molecule has 132 valence electrons. The number of thiophene rings is 1. The topological polar surface area (TPSA) is 68.1 Å². The molecule has 0 amide bonds. The lowest BCUT2D eigenvalue weighted by Crippen LogP contribution is -2.20. The molecule has 3 rings (SSSR count). The van der Waals surface area contributed by atoms with Gasteiger partial charge in [0.05, 0.1) is 23.6 Å². The van der Waals surface area contributed by atoms with Gasteiger partial charge in [-0.2, -0.15) is 0 Å². The number of hydrogen-bond donors (Lipinski definition) is 2. The van der Waals surface area contributed by atoms with E-state index in [1.54, 1.807) is 14.0 Å². The summed E-state index contributed by atoms with van der Waals surface area (Å²) in [6.45, 7) is 2.09. The van der Waals surface area contributed by atoms with E-state index in [4.69, 9.17) is 9.47 Å². The zero-order valence-corrected chi connectivity index (χ0v) is 15.7. The van der Waals surface area contributed by atoms with Crippen LogP contribution in [0.4, 0.5) is 0 Å². The number of hydrogen-bond acceptors (Lipinski definition) is 7. The van der Waals surface area contributed by atoms with Crippen molar-refractivity contribution in [3.8, 4) is 5.75 Å². The molecule has 0 aliphatic heterocycles. The Morgan fingerprint density at radius 1 is 1.36 bits per heavy atom. The monoisotopic (exact) mass is 377 g/mol. The second-order valence-corrected chi connectivity index (χ2v) is 7.51. The summed E-state index contributed by atoms with van der Waals surface area (Å²) in [7, 11) is 1.63. The van der Waals surface area contributed by atoms with E-state index >= 15 is 0 Å².